The van der Waals surface area contributed by atoms with Crippen LogP contribution in [-0.2, 0) is 0 Å². The Labute approximate surface area is 163 Å². The quantitative estimate of drug-likeness (QED) is 0.320. The van der Waals surface area contributed by atoms with E-state index in [1.54, 1.807) is 0 Å². The summed E-state index contributed by atoms with van der Waals surface area (Å²) >= 11 is 30.1. The van der Waals surface area contributed by atoms with E-state index in [1.165, 1.54) is 6.42 Å². The average molecular weight is 398 g/mol. The summed E-state index contributed by atoms with van der Waals surface area (Å²) in [5, 5.41) is 0.392. The molecule has 0 spiro atoms. The largest absolute Gasteiger partial charge is 1.00 e. The topological polar surface area (TPSA) is 17.1 Å². The van der Waals surface area contributed by atoms with Gasteiger partial charge in [0.25, 0.3) is 0 Å². The molecule has 1 aliphatic rings. The third-order valence-corrected chi connectivity index (χ3v) is 6.91. The number of carbonyl (C=O) groups excluding carboxylic acids is 1. The molecular weight excluding hydrogens is 387 g/mol. The van der Waals surface area contributed by atoms with Gasteiger partial charge in [0.1, 0.15) is 0 Å². The molecule has 0 saturated heterocycles. The van der Waals surface area contributed by atoms with Crippen LogP contribution in [-0.4, -0.2) is 11.2 Å². The molecule has 1 saturated carbocycles. The normalized spacial score (nSPS) is 16.2. The van der Waals surface area contributed by atoms with Crippen LogP contribution in [0.3, 0.4) is 0 Å². The van der Waals surface area contributed by atoms with E-state index in [0.29, 0.717) is 14.2 Å². The maximum absolute atomic E-state index is 12.4. The molecule has 0 aromatic heterocycles. The number of hydrogen-bond acceptors (Lipinski definition) is 1. The van der Waals surface area contributed by atoms with Crippen molar-refractivity contribution in [2.75, 3.05) is 0 Å². The SMILES string of the molecule is O=C([P-]C1CCCCC1)c1c(Cl)c(Cl)c(Cl)c(Cl)c1Cl.[Li+]. The molecule has 1 aromatic carbocycles. The van der Waals surface area contributed by atoms with Gasteiger partial charge in [0.2, 0.25) is 0 Å². The molecule has 1 fully saturated rings. The molecular formula is C13H11Cl5LiOP. The fraction of sp³-hybridized carbons (Fsp3) is 0.462. The smallest absolute Gasteiger partial charge is 0.456 e. The van der Waals surface area contributed by atoms with Crippen molar-refractivity contribution in [1.29, 1.82) is 0 Å². The Morgan fingerprint density at radius 1 is 0.810 bits per heavy atom. The molecule has 21 heavy (non-hydrogen) atoms. The molecule has 0 aliphatic heterocycles. The number of benzene rings is 1. The Hall–Kier alpha value is 1.37. The first-order valence-corrected chi connectivity index (χ1v) is 9.05. The zero-order valence-corrected chi connectivity index (χ0v) is 16.0. The van der Waals surface area contributed by atoms with Gasteiger partial charge in [-0.15, -0.1) is 0 Å². The van der Waals surface area contributed by atoms with Crippen molar-refractivity contribution in [3.63, 3.8) is 0 Å². The van der Waals surface area contributed by atoms with Crippen molar-refractivity contribution in [1.82, 2.24) is 0 Å². The fourth-order valence-electron chi connectivity index (χ4n) is 2.23. The van der Waals surface area contributed by atoms with Crippen LogP contribution in [0.1, 0.15) is 42.5 Å². The number of carbonyl (C=O) groups is 1. The van der Waals surface area contributed by atoms with Crippen LogP contribution in [0.25, 0.3) is 0 Å². The van der Waals surface area contributed by atoms with E-state index in [1.807, 2.05) is 0 Å². The van der Waals surface area contributed by atoms with Gasteiger partial charge in [-0.1, -0.05) is 90.1 Å². The zero-order chi connectivity index (χ0) is 14.9. The summed E-state index contributed by atoms with van der Waals surface area (Å²) in [5.41, 5.74) is 0.393. The van der Waals surface area contributed by atoms with E-state index in [9.17, 15) is 4.79 Å². The van der Waals surface area contributed by atoms with E-state index in [0.717, 1.165) is 25.7 Å². The predicted molar refractivity (Wildman–Crippen MR) is 89.6 cm³/mol. The summed E-state index contributed by atoms with van der Waals surface area (Å²) in [6.07, 6.45) is 5.67. The summed E-state index contributed by atoms with van der Waals surface area (Å²) in [6.45, 7) is 0. The third kappa shape index (κ3) is 4.68. The third-order valence-electron chi connectivity index (χ3n) is 3.30. The van der Waals surface area contributed by atoms with Crippen molar-refractivity contribution >= 4 is 72.1 Å². The summed E-state index contributed by atoms with van der Waals surface area (Å²) < 4.78 is 0. The monoisotopic (exact) mass is 396 g/mol. The molecule has 0 atom stereocenters. The molecule has 0 unspecified atom stereocenters. The van der Waals surface area contributed by atoms with Crippen LogP contribution in [0.2, 0.25) is 25.1 Å². The van der Waals surface area contributed by atoms with Crippen LogP contribution in [0, 0.1) is 0 Å². The fourth-order valence-corrected chi connectivity index (χ4v) is 4.98. The standard InChI is InChI=1S/C13H11Cl5OP.Li/c14-8-7(9(15)11(17)12(18)10(8)16)13(19)20-6-4-2-1-3-5-6;/h6H,1-5H2;/q-1;+1. The van der Waals surface area contributed by atoms with Gasteiger partial charge in [0, 0.05) is 11.1 Å². The molecule has 0 amide bonds. The summed E-state index contributed by atoms with van der Waals surface area (Å²) in [4.78, 5) is 12.4. The van der Waals surface area contributed by atoms with Crippen LogP contribution >= 0.6 is 66.6 Å². The van der Waals surface area contributed by atoms with Gasteiger partial charge in [-0.25, -0.2) is 0 Å². The first-order chi connectivity index (χ1) is 9.43. The van der Waals surface area contributed by atoms with Crippen LogP contribution in [0.15, 0.2) is 0 Å². The van der Waals surface area contributed by atoms with E-state index in [-0.39, 0.29) is 55.1 Å². The zero-order valence-electron chi connectivity index (χ0n) is 11.4. The predicted octanol–water partition coefficient (Wildman–Crippen LogP) is 4.38. The minimum atomic E-state index is -0.146. The molecule has 110 valence electrons. The maximum Gasteiger partial charge on any atom is 1.00 e. The molecule has 0 bridgehead atoms. The van der Waals surface area contributed by atoms with E-state index in [4.69, 9.17) is 58.0 Å². The van der Waals surface area contributed by atoms with Crippen molar-refractivity contribution in [3.8, 4) is 0 Å². The molecule has 0 heterocycles. The molecule has 1 nitrogen and oxygen atoms in total. The molecule has 2 rings (SSSR count). The van der Waals surface area contributed by atoms with Crippen LogP contribution < -0.4 is 18.9 Å². The van der Waals surface area contributed by atoms with Gasteiger partial charge in [0.15, 0.2) is 0 Å². The van der Waals surface area contributed by atoms with Crippen molar-refractivity contribution in [2.45, 2.75) is 37.8 Å². The Bertz CT molecular complexity index is 517. The van der Waals surface area contributed by atoms with Gasteiger partial charge in [-0.3, -0.25) is 0 Å². The Balaban J connectivity index is 0.00000220. The number of rotatable bonds is 3. The molecule has 1 aliphatic carbocycles. The average Bonchev–Trinajstić information content (AvgIpc) is 2.44. The number of halogens is 5. The molecule has 1 aromatic rings. The minimum Gasteiger partial charge on any atom is -0.456 e. The Kier molecular flexibility index (Phi) is 8.76. The van der Waals surface area contributed by atoms with Crippen LogP contribution in [0.4, 0.5) is 0 Å². The van der Waals surface area contributed by atoms with Gasteiger partial charge < -0.3 is 13.4 Å². The summed E-state index contributed by atoms with van der Waals surface area (Å²) in [6, 6.07) is 0. The van der Waals surface area contributed by atoms with E-state index >= 15 is 0 Å². The van der Waals surface area contributed by atoms with E-state index < -0.39 is 0 Å². The first kappa shape index (κ1) is 20.4. The van der Waals surface area contributed by atoms with Crippen LogP contribution in [0.5, 0.6) is 0 Å². The van der Waals surface area contributed by atoms with E-state index in [2.05, 4.69) is 0 Å². The Morgan fingerprint density at radius 2 is 1.24 bits per heavy atom. The molecule has 0 radical (unpaired) electrons. The molecule has 0 N–H and O–H groups in total. The van der Waals surface area contributed by atoms with Gasteiger partial charge in [-0.2, -0.15) is 5.66 Å². The summed E-state index contributed by atoms with van der Waals surface area (Å²) in [7, 11) is 0.702. The van der Waals surface area contributed by atoms with Crippen molar-refractivity contribution in [3.05, 3.63) is 30.7 Å². The number of hydrogen-bond donors (Lipinski definition) is 0. The minimum absolute atomic E-state index is 0. The first-order valence-electron chi connectivity index (χ1n) is 6.20. The second-order valence-corrected chi connectivity index (χ2v) is 7.96. The van der Waals surface area contributed by atoms with Gasteiger partial charge in [-0.05, 0) is 0 Å². The van der Waals surface area contributed by atoms with Crippen molar-refractivity contribution in [2.24, 2.45) is 0 Å². The molecule has 8 heteroatoms. The van der Waals surface area contributed by atoms with Crippen molar-refractivity contribution < 1.29 is 23.7 Å². The Morgan fingerprint density at radius 3 is 1.71 bits per heavy atom. The van der Waals surface area contributed by atoms with Gasteiger partial charge in [0.05, 0.1) is 25.1 Å². The second kappa shape index (κ2) is 9.01. The maximum atomic E-state index is 12.4. The second-order valence-electron chi connectivity index (χ2n) is 4.67. The summed E-state index contributed by atoms with van der Waals surface area (Å²) in [5.74, 6) is 0. The van der Waals surface area contributed by atoms with Gasteiger partial charge >= 0.3 is 18.9 Å².